The van der Waals surface area contributed by atoms with Gasteiger partial charge in [-0.25, -0.2) is 0 Å². The summed E-state index contributed by atoms with van der Waals surface area (Å²) >= 11 is 0. The average molecular weight is 181 g/mol. The maximum absolute atomic E-state index is 11.2. The van der Waals surface area contributed by atoms with Gasteiger partial charge in [0.25, 0.3) is 0 Å². The molecule has 3 nitrogen and oxygen atoms in total. The second-order valence-electron chi connectivity index (χ2n) is 3.11. The van der Waals surface area contributed by atoms with Crippen LogP contribution in [0.5, 0.6) is 0 Å². The van der Waals surface area contributed by atoms with E-state index in [0.717, 1.165) is 13.1 Å². The molecule has 1 unspecified atom stereocenters. The third kappa shape index (κ3) is 2.18. The van der Waals surface area contributed by atoms with Crippen LogP contribution in [-0.4, -0.2) is 37.1 Å². The predicted octanol–water partition coefficient (Wildman–Crippen LogP) is 0.976. The van der Waals surface area contributed by atoms with E-state index in [-0.39, 0.29) is 12.0 Å². The Balaban J connectivity index is 2.49. The van der Waals surface area contributed by atoms with E-state index in [1.807, 2.05) is 17.9 Å². The lowest BCUT2D eigenvalue weighted by Gasteiger charge is -2.21. The zero-order valence-corrected chi connectivity index (χ0v) is 8.12. The van der Waals surface area contributed by atoms with Crippen LogP contribution in [-0.2, 0) is 9.53 Å². The Kier molecular flexibility index (Phi) is 3.25. The fourth-order valence-corrected chi connectivity index (χ4v) is 1.36. The van der Waals surface area contributed by atoms with Gasteiger partial charge in [-0.15, -0.1) is 0 Å². The van der Waals surface area contributed by atoms with Crippen molar-refractivity contribution in [1.82, 2.24) is 4.90 Å². The molecule has 0 bridgehead atoms. The van der Waals surface area contributed by atoms with Gasteiger partial charge in [-0.1, -0.05) is 18.7 Å². The minimum absolute atomic E-state index is 0.168. The van der Waals surface area contributed by atoms with Crippen molar-refractivity contribution < 1.29 is 9.53 Å². The number of ether oxygens (including phenoxy) is 1. The Morgan fingerprint density at radius 1 is 1.85 bits per heavy atom. The summed E-state index contributed by atoms with van der Waals surface area (Å²) in [6, 6.07) is -0.168. The molecule has 0 fully saturated rings. The SMILES string of the molecule is C=CC1=CCN(C(C)C(=O)OC)C1. The van der Waals surface area contributed by atoms with Crippen LogP contribution in [0.15, 0.2) is 24.3 Å². The molecule has 0 N–H and O–H groups in total. The molecule has 0 amide bonds. The van der Waals surface area contributed by atoms with Gasteiger partial charge in [0, 0.05) is 13.1 Å². The van der Waals surface area contributed by atoms with Gasteiger partial charge < -0.3 is 4.74 Å². The highest BCUT2D eigenvalue weighted by Gasteiger charge is 2.24. The second kappa shape index (κ2) is 4.23. The van der Waals surface area contributed by atoms with Gasteiger partial charge in [-0.2, -0.15) is 0 Å². The molecule has 0 aromatic carbocycles. The molecule has 1 rings (SSSR count). The summed E-state index contributed by atoms with van der Waals surface area (Å²) in [5.74, 6) is -0.182. The van der Waals surface area contributed by atoms with Crippen molar-refractivity contribution in [2.24, 2.45) is 0 Å². The highest BCUT2D eigenvalue weighted by Crippen LogP contribution is 2.13. The number of rotatable bonds is 3. The summed E-state index contributed by atoms with van der Waals surface area (Å²) in [5.41, 5.74) is 1.18. The summed E-state index contributed by atoms with van der Waals surface area (Å²) in [6.07, 6.45) is 3.90. The Hall–Kier alpha value is -1.09. The van der Waals surface area contributed by atoms with Crippen molar-refractivity contribution in [3.8, 4) is 0 Å². The minimum atomic E-state index is -0.182. The molecule has 72 valence electrons. The largest absolute Gasteiger partial charge is 0.468 e. The summed E-state index contributed by atoms with van der Waals surface area (Å²) in [4.78, 5) is 13.2. The molecule has 0 aliphatic carbocycles. The first-order valence-corrected chi connectivity index (χ1v) is 4.32. The van der Waals surface area contributed by atoms with Gasteiger partial charge in [-0.05, 0) is 12.5 Å². The Labute approximate surface area is 78.7 Å². The van der Waals surface area contributed by atoms with Gasteiger partial charge in [0.1, 0.15) is 6.04 Å². The zero-order valence-electron chi connectivity index (χ0n) is 8.12. The molecular formula is C10H15NO2. The second-order valence-corrected chi connectivity index (χ2v) is 3.11. The van der Waals surface area contributed by atoms with E-state index < -0.39 is 0 Å². The van der Waals surface area contributed by atoms with Gasteiger partial charge >= 0.3 is 5.97 Å². The van der Waals surface area contributed by atoms with Crippen LogP contribution < -0.4 is 0 Å². The predicted molar refractivity (Wildman–Crippen MR) is 51.3 cm³/mol. The van der Waals surface area contributed by atoms with Crippen molar-refractivity contribution in [3.63, 3.8) is 0 Å². The lowest BCUT2D eigenvalue weighted by molar-refractivity contribution is -0.145. The molecule has 0 radical (unpaired) electrons. The summed E-state index contributed by atoms with van der Waals surface area (Å²) in [5, 5.41) is 0. The number of carbonyl (C=O) groups is 1. The van der Waals surface area contributed by atoms with Crippen molar-refractivity contribution in [1.29, 1.82) is 0 Å². The van der Waals surface area contributed by atoms with Crippen LogP contribution in [0.1, 0.15) is 6.92 Å². The highest BCUT2D eigenvalue weighted by atomic mass is 16.5. The topological polar surface area (TPSA) is 29.5 Å². The van der Waals surface area contributed by atoms with Gasteiger partial charge in [0.05, 0.1) is 7.11 Å². The van der Waals surface area contributed by atoms with Crippen molar-refractivity contribution in [2.45, 2.75) is 13.0 Å². The fraction of sp³-hybridized carbons (Fsp3) is 0.500. The van der Waals surface area contributed by atoms with Crippen LogP contribution in [0, 0.1) is 0 Å². The Morgan fingerprint density at radius 3 is 3.00 bits per heavy atom. The fourth-order valence-electron chi connectivity index (χ4n) is 1.36. The van der Waals surface area contributed by atoms with Gasteiger partial charge in [0.2, 0.25) is 0 Å². The molecular weight excluding hydrogens is 166 g/mol. The molecule has 1 atom stereocenters. The van der Waals surface area contributed by atoms with Crippen molar-refractivity contribution in [3.05, 3.63) is 24.3 Å². The number of methoxy groups -OCH3 is 1. The average Bonchev–Trinajstić information content (AvgIpc) is 2.63. The number of nitrogens with zero attached hydrogens (tertiary/aromatic N) is 1. The van der Waals surface area contributed by atoms with Gasteiger partial charge in [0.15, 0.2) is 0 Å². The third-order valence-corrected chi connectivity index (χ3v) is 2.33. The first-order chi connectivity index (χ1) is 6.19. The minimum Gasteiger partial charge on any atom is -0.468 e. The van der Waals surface area contributed by atoms with E-state index in [9.17, 15) is 4.79 Å². The van der Waals surface area contributed by atoms with E-state index in [2.05, 4.69) is 17.4 Å². The number of esters is 1. The lowest BCUT2D eigenvalue weighted by Crippen LogP contribution is -2.38. The maximum Gasteiger partial charge on any atom is 0.322 e. The van der Waals surface area contributed by atoms with E-state index in [4.69, 9.17) is 0 Å². The van der Waals surface area contributed by atoms with Crippen molar-refractivity contribution in [2.75, 3.05) is 20.2 Å². The molecule has 0 saturated carbocycles. The maximum atomic E-state index is 11.2. The van der Waals surface area contributed by atoms with Gasteiger partial charge in [-0.3, -0.25) is 9.69 Å². The lowest BCUT2D eigenvalue weighted by atomic mass is 10.2. The number of carbonyl (C=O) groups excluding carboxylic acids is 1. The third-order valence-electron chi connectivity index (χ3n) is 2.33. The van der Waals surface area contributed by atoms with E-state index in [1.54, 1.807) is 0 Å². The highest BCUT2D eigenvalue weighted by molar-refractivity contribution is 5.75. The molecule has 0 spiro atoms. The van der Waals surface area contributed by atoms with E-state index in [0.29, 0.717) is 0 Å². The van der Waals surface area contributed by atoms with E-state index >= 15 is 0 Å². The summed E-state index contributed by atoms with van der Waals surface area (Å²) in [6.45, 7) is 7.14. The quantitative estimate of drug-likeness (QED) is 0.608. The summed E-state index contributed by atoms with van der Waals surface area (Å²) < 4.78 is 4.66. The number of hydrogen-bond acceptors (Lipinski definition) is 3. The first-order valence-electron chi connectivity index (χ1n) is 4.32. The molecule has 13 heavy (non-hydrogen) atoms. The zero-order chi connectivity index (χ0) is 9.84. The van der Waals surface area contributed by atoms with Crippen LogP contribution in [0.2, 0.25) is 0 Å². The smallest absolute Gasteiger partial charge is 0.322 e. The molecule has 1 aliphatic heterocycles. The van der Waals surface area contributed by atoms with Crippen LogP contribution >= 0.6 is 0 Å². The van der Waals surface area contributed by atoms with Crippen molar-refractivity contribution >= 4 is 5.97 Å². The molecule has 1 aliphatic rings. The number of hydrogen-bond donors (Lipinski definition) is 0. The first kappa shape index (κ1) is 9.99. The molecule has 3 heteroatoms. The molecule has 0 saturated heterocycles. The molecule has 0 aromatic heterocycles. The van der Waals surface area contributed by atoms with E-state index in [1.165, 1.54) is 12.7 Å². The Morgan fingerprint density at radius 2 is 2.54 bits per heavy atom. The van der Waals surface area contributed by atoms with Crippen LogP contribution in [0.25, 0.3) is 0 Å². The Bertz CT molecular complexity index is 245. The molecule has 0 aromatic rings. The normalized spacial score (nSPS) is 19.4. The van der Waals surface area contributed by atoms with Crippen LogP contribution in [0.3, 0.4) is 0 Å². The summed E-state index contributed by atoms with van der Waals surface area (Å²) in [7, 11) is 1.41. The standard InChI is InChI=1S/C10H15NO2/c1-4-9-5-6-11(7-9)8(2)10(12)13-3/h4-5,8H,1,6-7H2,2-3H3. The van der Waals surface area contributed by atoms with Crippen LogP contribution in [0.4, 0.5) is 0 Å². The monoisotopic (exact) mass is 181 g/mol. The molecule has 1 heterocycles.